The average Bonchev–Trinajstić information content (AvgIpc) is 2.95. The fourth-order valence-electron chi connectivity index (χ4n) is 3.74. The van der Waals surface area contributed by atoms with Crippen LogP contribution in [0.15, 0.2) is 78.9 Å². The molecule has 0 aromatic heterocycles. The van der Waals surface area contributed by atoms with Crippen molar-refractivity contribution in [3.8, 4) is 0 Å². The molecule has 1 aliphatic heterocycles. The van der Waals surface area contributed by atoms with Gasteiger partial charge in [-0.2, -0.15) is 0 Å². The van der Waals surface area contributed by atoms with Crippen LogP contribution in [0.4, 0.5) is 4.39 Å². The van der Waals surface area contributed by atoms with E-state index in [9.17, 15) is 33.8 Å². The molecular weight excluding hydrogens is 513 g/mol. The molecule has 4 rings (SSSR count). The molecule has 1 unspecified atom stereocenters. The number of rotatable bonds is 8. The Morgan fingerprint density at radius 1 is 0.821 bits per heavy atom. The third-order valence-corrected chi connectivity index (χ3v) is 5.62. The molecule has 0 aliphatic carbocycles. The average molecular weight is 540 g/mol. The molecule has 3 aromatic carbocycles. The first-order chi connectivity index (χ1) is 18.7. The summed E-state index contributed by atoms with van der Waals surface area (Å²) in [7, 11) is 0. The molecule has 0 bridgehead atoms. The minimum absolute atomic E-state index is 0.0253. The molecule has 0 saturated heterocycles. The molecule has 39 heavy (non-hydrogen) atoms. The maximum atomic E-state index is 13.4. The van der Waals surface area contributed by atoms with Gasteiger partial charge in [0, 0.05) is 12.1 Å². The molecule has 0 amide bonds. The lowest BCUT2D eigenvalue weighted by molar-refractivity contribution is -0.166. The van der Waals surface area contributed by atoms with Gasteiger partial charge in [0.05, 0.1) is 23.8 Å². The summed E-state index contributed by atoms with van der Waals surface area (Å²) in [4.78, 5) is 46.8. The molecule has 1 aliphatic rings. The summed E-state index contributed by atoms with van der Waals surface area (Å²) in [6, 6.07) is 20.0. The molecule has 3 aromatic rings. The summed E-state index contributed by atoms with van der Waals surface area (Å²) < 4.78 is 28.3. The minimum Gasteiger partial charge on any atom is -0.478 e. The summed E-state index contributed by atoms with van der Waals surface area (Å²) in [6.45, 7) is 0.978. The normalized spacial score (nSPS) is 15.4. The number of halogens is 1. The first kappa shape index (κ1) is 29.0. The molecule has 0 saturated carbocycles. The van der Waals surface area contributed by atoms with Crippen LogP contribution in [0.25, 0.3) is 0 Å². The molecule has 11 heteroatoms. The van der Waals surface area contributed by atoms with Crippen LogP contribution in [0.1, 0.15) is 37.9 Å². The van der Waals surface area contributed by atoms with Crippen LogP contribution in [-0.4, -0.2) is 59.4 Å². The summed E-state index contributed by atoms with van der Waals surface area (Å²) in [5, 5.41) is 18.5. The number of carboxylic acids is 2. The van der Waals surface area contributed by atoms with Gasteiger partial charge in [-0.15, -0.1) is 0 Å². The summed E-state index contributed by atoms with van der Waals surface area (Å²) in [5.74, 6) is -5.84. The van der Waals surface area contributed by atoms with Crippen LogP contribution in [0.5, 0.6) is 0 Å². The molecular formula is C28H26FNO9. The van der Waals surface area contributed by atoms with Crippen LogP contribution in [-0.2, 0) is 30.2 Å². The monoisotopic (exact) mass is 539 g/mol. The molecule has 0 fully saturated rings. The van der Waals surface area contributed by atoms with Crippen molar-refractivity contribution in [3.05, 3.63) is 107 Å². The number of fused-ring (bicyclic) bond motifs is 1. The van der Waals surface area contributed by atoms with E-state index in [-0.39, 0.29) is 23.0 Å². The molecule has 0 spiro atoms. The van der Waals surface area contributed by atoms with Crippen molar-refractivity contribution >= 4 is 23.9 Å². The van der Waals surface area contributed by atoms with Crippen LogP contribution < -0.4 is 5.73 Å². The van der Waals surface area contributed by atoms with Crippen molar-refractivity contribution in [3.63, 3.8) is 0 Å². The largest absolute Gasteiger partial charge is 0.478 e. The third kappa shape index (κ3) is 7.69. The lowest BCUT2D eigenvalue weighted by Gasteiger charge is -2.25. The van der Waals surface area contributed by atoms with Gasteiger partial charge in [-0.25, -0.2) is 23.6 Å². The molecule has 10 nitrogen and oxygen atoms in total. The number of hydrogen-bond donors (Lipinski definition) is 3. The zero-order valence-corrected chi connectivity index (χ0v) is 20.6. The Labute approximate surface area is 222 Å². The van der Waals surface area contributed by atoms with Crippen molar-refractivity contribution < 1.29 is 48.0 Å². The first-order valence-corrected chi connectivity index (χ1v) is 11.8. The second kappa shape index (κ2) is 13.8. The Morgan fingerprint density at radius 3 is 1.74 bits per heavy atom. The Hall–Kier alpha value is -4.61. The predicted octanol–water partition coefficient (Wildman–Crippen LogP) is 3.00. The van der Waals surface area contributed by atoms with Gasteiger partial charge in [0.25, 0.3) is 0 Å². The molecule has 1 heterocycles. The quantitative estimate of drug-likeness (QED) is 0.363. The molecule has 3 atom stereocenters. The first-order valence-electron chi connectivity index (χ1n) is 11.8. The SMILES string of the molecule is NCC1OCCc2cccc(F)c21.O=C(O[C@@H](C(=O)O)[C@@H](OC(=O)c1ccccc1)C(=O)O)c1ccccc1. The van der Waals surface area contributed by atoms with Gasteiger partial charge in [0.2, 0.25) is 12.2 Å². The van der Waals surface area contributed by atoms with E-state index >= 15 is 0 Å². The van der Waals surface area contributed by atoms with Gasteiger partial charge in [0.15, 0.2) is 0 Å². The number of hydrogen-bond acceptors (Lipinski definition) is 8. The van der Waals surface area contributed by atoms with Crippen LogP contribution in [0, 0.1) is 5.82 Å². The van der Waals surface area contributed by atoms with Gasteiger partial charge in [-0.05, 0) is 42.3 Å². The van der Waals surface area contributed by atoms with Crippen molar-refractivity contribution in [1.29, 1.82) is 0 Å². The summed E-state index contributed by atoms with van der Waals surface area (Å²) >= 11 is 0. The highest BCUT2D eigenvalue weighted by atomic mass is 19.1. The minimum atomic E-state index is -2.21. The van der Waals surface area contributed by atoms with E-state index in [0.717, 1.165) is 12.0 Å². The third-order valence-electron chi connectivity index (χ3n) is 5.62. The van der Waals surface area contributed by atoms with Crippen LogP contribution >= 0.6 is 0 Å². The fraction of sp³-hybridized carbons (Fsp3) is 0.214. The van der Waals surface area contributed by atoms with E-state index in [1.54, 1.807) is 18.2 Å². The number of aliphatic carboxylic acids is 2. The van der Waals surface area contributed by atoms with Crippen molar-refractivity contribution in [1.82, 2.24) is 0 Å². The predicted molar refractivity (Wildman–Crippen MR) is 134 cm³/mol. The van der Waals surface area contributed by atoms with E-state index in [1.165, 1.54) is 54.6 Å². The number of carboxylic acid groups (broad SMARTS) is 2. The maximum absolute atomic E-state index is 13.4. The van der Waals surface area contributed by atoms with E-state index < -0.39 is 36.1 Å². The topological polar surface area (TPSA) is 162 Å². The lowest BCUT2D eigenvalue weighted by Crippen LogP contribution is -2.45. The maximum Gasteiger partial charge on any atom is 0.349 e. The van der Waals surface area contributed by atoms with Crippen LogP contribution in [0.3, 0.4) is 0 Å². The highest BCUT2D eigenvalue weighted by Gasteiger charge is 2.41. The van der Waals surface area contributed by atoms with Gasteiger partial charge in [-0.3, -0.25) is 0 Å². The van der Waals surface area contributed by atoms with Gasteiger partial charge < -0.3 is 30.2 Å². The second-order valence-corrected chi connectivity index (χ2v) is 8.22. The van der Waals surface area contributed by atoms with Crippen molar-refractivity contribution in [2.75, 3.05) is 13.2 Å². The number of nitrogens with two attached hydrogens (primary N) is 1. The summed E-state index contributed by atoms with van der Waals surface area (Å²) in [6.07, 6.45) is -3.91. The molecule has 0 radical (unpaired) electrons. The van der Waals surface area contributed by atoms with E-state index in [1.807, 2.05) is 6.07 Å². The molecule has 204 valence electrons. The smallest absolute Gasteiger partial charge is 0.349 e. The van der Waals surface area contributed by atoms with Crippen LogP contribution in [0.2, 0.25) is 0 Å². The Morgan fingerprint density at radius 2 is 1.31 bits per heavy atom. The zero-order valence-electron chi connectivity index (χ0n) is 20.6. The number of benzene rings is 3. The second-order valence-electron chi connectivity index (χ2n) is 8.22. The highest BCUT2D eigenvalue weighted by Crippen LogP contribution is 2.28. The highest BCUT2D eigenvalue weighted by molar-refractivity contribution is 5.95. The number of carbonyl (C=O) groups is 4. The zero-order chi connectivity index (χ0) is 28.4. The standard InChI is InChI=1S/C18H14O8.C10H12FNO/c19-15(20)13(25-17(23)11-7-3-1-4-8-11)14(16(21)22)26-18(24)12-9-5-2-6-10-12;11-8-3-1-2-7-4-5-13-9(6-12)10(7)8/h1-10,13-14H,(H,19,20)(H,21,22);1-3,9H,4-6,12H2/t13-,14-;/m1./s1. The van der Waals surface area contributed by atoms with Gasteiger partial charge >= 0.3 is 23.9 Å². The number of ether oxygens (including phenoxy) is 3. The number of esters is 2. The lowest BCUT2D eigenvalue weighted by atomic mass is 9.97. The molecule has 4 N–H and O–H groups in total. The van der Waals surface area contributed by atoms with Crippen molar-refractivity contribution in [2.24, 2.45) is 5.73 Å². The van der Waals surface area contributed by atoms with Gasteiger partial charge in [0.1, 0.15) is 5.82 Å². The Balaban J connectivity index is 0.000000268. The fourth-order valence-corrected chi connectivity index (χ4v) is 3.74. The number of carbonyl (C=O) groups excluding carboxylic acids is 2. The summed E-state index contributed by atoms with van der Waals surface area (Å²) in [5.41, 5.74) is 7.22. The van der Waals surface area contributed by atoms with Gasteiger partial charge in [-0.1, -0.05) is 48.5 Å². The van der Waals surface area contributed by atoms with Crippen molar-refractivity contribution in [2.45, 2.75) is 24.7 Å². The van der Waals surface area contributed by atoms with E-state index in [2.05, 4.69) is 0 Å². The Bertz CT molecular complexity index is 1230. The Kier molecular flexibility index (Phi) is 10.2. The van der Waals surface area contributed by atoms with E-state index in [4.69, 9.17) is 19.9 Å². The van der Waals surface area contributed by atoms with E-state index in [0.29, 0.717) is 18.7 Å².